The van der Waals surface area contributed by atoms with E-state index >= 15 is 0 Å². The quantitative estimate of drug-likeness (QED) is 0.765. The minimum absolute atomic E-state index is 0.0365. The normalized spacial score (nSPS) is 17.2. The smallest absolute Gasteiger partial charge is 0.232 e. The van der Waals surface area contributed by atoms with Crippen LogP contribution in [0.15, 0.2) is 47.1 Å². The zero-order valence-electron chi connectivity index (χ0n) is 14.5. The van der Waals surface area contributed by atoms with Crippen molar-refractivity contribution in [3.63, 3.8) is 0 Å². The van der Waals surface area contributed by atoms with Gasteiger partial charge in [-0.2, -0.15) is 0 Å². The number of amides is 2. The second-order valence-corrected chi connectivity index (χ2v) is 6.41. The zero-order chi connectivity index (χ0) is 18.1. The van der Waals surface area contributed by atoms with E-state index in [2.05, 4.69) is 10.3 Å². The molecule has 1 atom stereocenters. The first kappa shape index (κ1) is 16.4. The van der Waals surface area contributed by atoms with Gasteiger partial charge >= 0.3 is 0 Å². The molecule has 1 aromatic carbocycles. The number of anilines is 1. The van der Waals surface area contributed by atoms with Crippen molar-refractivity contribution >= 4 is 28.8 Å². The number of rotatable bonds is 5. The number of fused-ring (bicyclic) bond motifs is 1. The lowest BCUT2D eigenvalue weighted by molar-refractivity contribution is -0.128. The molecular formula is C19H20N4O3. The Morgan fingerprint density at radius 2 is 2.15 bits per heavy atom. The molecule has 7 heteroatoms. The number of benzene rings is 1. The number of likely N-dealkylation sites (tertiary alicyclic amines) is 1. The summed E-state index contributed by atoms with van der Waals surface area (Å²) >= 11 is 0. The van der Waals surface area contributed by atoms with E-state index in [1.807, 2.05) is 41.8 Å². The molecule has 1 saturated heterocycles. The molecular weight excluding hydrogens is 332 g/mol. The van der Waals surface area contributed by atoms with Crippen molar-refractivity contribution in [1.82, 2.24) is 14.5 Å². The molecule has 0 saturated carbocycles. The van der Waals surface area contributed by atoms with E-state index in [-0.39, 0.29) is 24.2 Å². The van der Waals surface area contributed by atoms with Crippen molar-refractivity contribution in [2.24, 2.45) is 5.92 Å². The van der Waals surface area contributed by atoms with Crippen LogP contribution in [0.5, 0.6) is 0 Å². The zero-order valence-corrected chi connectivity index (χ0v) is 14.5. The molecule has 1 aliphatic rings. The third kappa shape index (κ3) is 2.96. The number of nitrogens with one attached hydrogen (secondary N) is 1. The van der Waals surface area contributed by atoms with Gasteiger partial charge in [0, 0.05) is 19.5 Å². The predicted molar refractivity (Wildman–Crippen MR) is 96.3 cm³/mol. The minimum Gasteiger partial charge on any atom is -0.467 e. The van der Waals surface area contributed by atoms with Crippen LogP contribution in [0.4, 0.5) is 5.95 Å². The highest BCUT2D eigenvalue weighted by Crippen LogP contribution is 2.24. The fourth-order valence-electron chi connectivity index (χ4n) is 3.39. The van der Waals surface area contributed by atoms with Crippen LogP contribution in [0.25, 0.3) is 11.0 Å². The van der Waals surface area contributed by atoms with E-state index in [0.717, 1.165) is 11.0 Å². The molecule has 4 rings (SSSR count). The van der Waals surface area contributed by atoms with Crippen LogP contribution >= 0.6 is 0 Å². The second-order valence-electron chi connectivity index (χ2n) is 6.41. The molecule has 0 aliphatic carbocycles. The lowest BCUT2D eigenvalue weighted by Crippen LogP contribution is -2.28. The summed E-state index contributed by atoms with van der Waals surface area (Å²) in [5, 5.41) is 2.90. The van der Waals surface area contributed by atoms with Crippen LogP contribution in [-0.4, -0.2) is 32.8 Å². The number of aromatic nitrogens is 2. The van der Waals surface area contributed by atoms with Crippen LogP contribution in [-0.2, 0) is 22.7 Å². The van der Waals surface area contributed by atoms with Gasteiger partial charge in [0.05, 0.1) is 29.8 Å². The van der Waals surface area contributed by atoms with Crippen LogP contribution in [0.3, 0.4) is 0 Å². The highest BCUT2D eigenvalue weighted by Gasteiger charge is 2.35. The number of carbonyl (C=O) groups is 2. The summed E-state index contributed by atoms with van der Waals surface area (Å²) in [6.07, 6.45) is 1.79. The summed E-state index contributed by atoms with van der Waals surface area (Å²) in [6.45, 7) is 3.49. The Balaban J connectivity index is 1.48. The maximum atomic E-state index is 12.7. The van der Waals surface area contributed by atoms with Crippen LogP contribution < -0.4 is 5.32 Å². The largest absolute Gasteiger partial charge is 0.467 e. The van der Waals surface area contributed by atoms with E-state index in [9.17, 15) is 9.59 Å². The highest BCUT2D eigenvalue weighted by molar-refractivity contribution is 5.97. The summed E-state index contributed by atoms with van der Waals surface area (Å²) in [6, 6.07) is 11.4. The molecule has 26 heavy (non-hydrogen) atoms. The molecule has 3 heterocycles. The van der Waals surface area contributed by atoms with Gasteiger partial charge in [0.15, 0.2) is 0 Å². The molecule has 1 fully saturated rings. The van der Waals surface area contributed by atoms with Crippen molar-refractivity contribution in [1.29, 1.82) is 0 Å². The standard InChI is InChI=1S/C19H20N4O3/c1-2-23-16-8-4-3-7-15(16)20-19(23)21-18(25)13-10-17(24)22(11-13)12-14-6-5-9-26-14/h3-9,13H,2,10-12H2,1H3,(H,20,21,25). The fourth-order valence-corrected chi connectivity index (χ4v) is 3.39. The van der Waals surface area contributed by atoms with Gasteiger partial charge in [-0.15, -0.1) is 0 Å². The van der Waals surface area contributed by atoms with Crippen molar-refractivity contribution in [2.75, 3.05) is 11.9 Å². The van der Waals surface area contributed by atoms with E-state index in [0.29, 0.717) is 31.3 Å². The first-order valence-electron chi connectivity index (χ1n) is 8.72. The summed E-state index contributed by atoms with van der Waals surface area (Å²) in [7, 11) is 0. The number of imidazole rings is 1. The lowest BCUT2D eigenvalue weighted by Gasteiger charge is -2.15. The van der Waals surface area contributed by atoms with E-state index < -0.39 is 0 Å². The number of nitrogens with zero attached hydrogens (tertiary/aromatic N) is 3. The Morgan fingerprint density at radius 1 is 1.31 bits per heavy atom. The molecule has 1 unspecified atom stereocenters. The van der Waals surface area contributed by atoms with Gasteiger partial charge in [-0.05, 0) is 31.2 Å². The first-order valence-corrected chi connectivity index (χ1v) is 8.72. The van der Waals surface area contributed by atoms with Crippen LogP contribution in [0.2, 0.25) is 0 Å². The Kier molecular flexibility index (Phi) is 4.20. The van der Waals surface area contributed by atoms with Gasteiger partial charge in [-0.1, -0.05) is 12.1 Å². The maximum Gasteiger partial charge on any atom is 0.232 e. The average Bonchev–Trinajstić information content (AvgIpc) is 3.34. The fraction of sp³-hybridized carbons (Fsp3) is 0.316. The Bertz CT molecular complexity index is 945. The van der Waals surface area contributed by atoms with Crippen molar-refractivity contribution in [3.8, 4) is 0 Å². The molecule has 0 radical (unpaired) electrons. The third-order valence-corrected chi connectivity index (χ3v) is 4.72. The molecule has 3 aromatic rings. The van der Waals surface area contributed by atoms with Crippen LogP contribution in [0, 0.1) is 5.92 Å². The highest BCUT2D eigenvalue weighted by atomic mass is 16.3. The Labute approximate surface area is 150 Å². The summed E-state index contributed by atoms with van der Waals surface area (Å²) in [4.78, 5) is 31.1. The SMILES string of the molecule is CCn1c(NC(=O)C2CC(=O)N(Cc3ccco3)C2)nc2ccccc21. The van der Waals surface area contributed by atoms with Gasteiger partial charge in [0.1, 0.15) is 5.76 Å². The van der Waals surface area contributed by atoms with Gasteiger partial charge in [0.2, 0.25) is 17.8 Å². The topological polar surface area (TPSA) is 80.4 Å². The van der Waals surface area contributed by atoms with Crippen LogP contribution in [0.1, 0.15) is 19.1 Å². The molecule has 0 bridgehead atoms. The van der Waals surface area contributed by atoms with Gasteiger partial charge < -0.3 is 13.9 Å². The second kappa shape index (κ2) is 6.67. The van der Waals surface area contributed by atoms with Gasteiger partial charge in [-0.25, -0.2) is 4.98 Å². The number of para-hydroxylation sites is 2. The summed E-state index contributed by atoms with van der Waals surface area (Å²) < 4.78 is 7.25. The molecule has 1 N–H and O–H groups in total. The van der Waals surface area contributed by atoms with E-state index in [4.69, 9.17) is 4.42 Å². The number of hydrogen-bond acceptors (Lipinski definition) is 4. The summed E-state index contributed by atoms with van der Waals surface area (Å²) in [5.41, 5.74) is 1.82. The Hall–Kier alpha value is -3.09. The van der Waals surface area contributed by atoms with E-state index in [1.54, 1.807) is 17.2 Å². The van der Waals surface area contributed by atoms with Crippen molar-refractivity contribution < 1.29 is 14.0 Å². The number of aryl methyl sites for hydroxylation is 1. The van der Waals surface area contributed by atoms with E-state index in [1.165, 1.54) is 0 Å². The Morgan fingerprint density at radius 3 is 2.92 bits per heavy atom. The third-order valence-electron chi connectivity index (χ3n) is 4.72. The minimum atomic E-state index is -0.386. The summed E-state index contributed by atoms with van der Waals surface area (Å²) in [5.74, 6) is 0.640. The molecule has 2 amide bonds. The van der Waals surface area contributed by atoms with Gasteiger partial charge in [-0.3, -0.25) is 14.9 Å². The molecule has 2 aromatic heterocycles. The molecule has 7 nitrogen and oxygen atoms in total. The van der Waals surface area contributed by atoms with Crippen molar-refractivity contribution in [2.45, 2.75) is 26.4 Å². The molecule has 1 aliphatic heterocycles. The van der Waals surface area contributed by atoms with Gasteiger partial charge in [0.25, 0.3) is 0 Å². The first-order chi connectivity index (χ1) is 12.7. The maximum absolute atomic E-state index is 12.7. The number of hydrogen-bond donors (Lipinski definition) is 1. The number of furan rings is 1. The molecule has 134 valence electrons. The average molecular weight is 352 g/mol. The lowest BCUT2D eigenvalue weighted by atomic mass is 10.1. The molecule has 0 spiro atoms. The predicted octanol–water partition coefficient (Wildman–Crippen LogP) is 2.64. The number of carbonyl (C=O) groups excluding carboxylic acids is 2. The van der Waals surface area contributed by atoms with Crippen molar-refractivity contribution in [3.05, 3.63) is 48.4 Å². The monoisotopic (exact) mass is 352 g/mol.